The van der Waals surface area contributed by atoms with Gasteiger partial charge in [-0.15, -0.1) is 0 Å². The van der Waals surface area contributed by atoms with Crippen LogP contribution < -0.4 is 21.8 Å². The van der Waals surface area contributed by atoms with Gasteiger partial charge in [0.15, 0.2) is 0 Å². The van der Waals surface area contributed by atoms with Crippen LogP contribution in [0.5, 0.6) is 0 Å². The Hall–Kier alpha value is -6.24. The van der Waals surface area contributed by atoms with Crippen LogP contribution >= 0.6 is 0 Å². The van der Waals surface area contributed by atoms with Crippen LogP contribution in [0, 0.1) is 5.92 Å². The molecule has 0 amide bonds. The molecule has 5 N–H and O–H groups in total. The van der Waals surface area contributed by atoms with E-state index in [9.17, 15) is 0 Å². The van der Waals surface area contributed by atoms with E-state index < -0.39 is 0 Å². The second-order valence-corrected chi connectivity index (χ2v) is 15.2. The first-order chi connectivity index (χ1) is 28.1. The van der Waals surface area contributed by atoms with Gasteiger partial charge < -0.3 is 10.6 Å². The van der Waals surface area contributed by atoms with Crippen molar-refractivity contribution in [3.63, 3.8) is 0 Å². The zero-order chi connectivity index (χ0) is 38.8. The van der Waals surface area contributed by atoms with E-state index in [-0.39, 0.29) is 12.2 Å². The smallest absolute Gasteiger partial charge is 0.0995 e. The molecule has 6 aromatic rings. The highest BCUT2D eigenvalue weighted by molar-refractivity contribution is 5.91. The van der Waals surface area contributed by atoms with Gasteiger partial charge in [0.05, 0.1) is 12.2 Å². The molecule has 0 bridgehead atoms. The summed E-state index contributed by atoms with van der Waals surface area (Å²) in [5.41, 5.74) is 14.1. The predicted octanol–water partition coefficient (Wildman–Crippen LogP) is 11.6. The summed E-state index contributed by atoms with van der Waals surface area (Å²) in [5, 5.41) is 13.7. The van der Waals surface area contributed by atoms with Crippen LogP contribution in [0.1, 0.15) is 48.2 Å². The standard InChI is InChI=1S/C52H51N5/c1-38-17-14-19-40(31-38)37-57(53)52(44-26-12-5-13-27-44)54-36-39-18-15-29-47(32-39)55-50-35-46(42-22-8-3-9-23-42)34-49(43-24-10-4-11-25-43)51(50)56-48-30-16-28-45(33-48)41-20-6-2-7-21-41/h2-30,32-34,38,50,52,54-56H,31,35-37,53H2,1H3. The van der Waals surface area contributed by atoms with Crippen molar-refractivity contribution in [2.45, 2.75) is 38.5 Å². The van der Waals surface area contributed by atoms with E-state index in [4.69, 9.17) is 5.84 Å². The van der Waals surface area contributed by atoms with Crippen molar-refractivity contribution in [1.29, 1.82) is 0 Å². The van der Waals surface area contributed by atoms with Gasteiger partial charge >= 0.3 is 0 Å². The van der Waals surface area contributed by atoms with Gasteiger partial charge in [-0.3, -0.25) is 11.2 Å². The Labute approximate surface area is 338 Å². The molecule has 284 valence electrons. The third kappa shape index (κ3) is 9.60. The lowest BCUT2D eigenvalue weighted by Crippen LogP contribution is -2.44. The zero-order valence-electron chi connectivity index (χ0n) is 32.6. The fourth-order valence-corrected chi connectivity index (χ4v) is 7.99. The molecule has 0 spiro atoms. The SMILES string of the molecule is CC1C=CC=C(CN(N)C(NCc2cccc(NC3CC(c4ccccc4)=CC(c4ccccc4)=C3Nc3cccc(-c4ccccc4)c3)c2)c2ccccc2)C1. The van der Waals surface area contributed by atoms with Gasteiger partial charge in [0.25, 0.3) is 0 Å². The molecule has 8 rings (SSSR count). The largest absolute Gasteiger partial charge is 0.376 e. The second kappa shape index (κ2) is 18.1. The minimum atomic E-state index is -0.152. The summed E-state index contributed by atoms with van der Waals surface area (Å²) in [4.78, 5) is 0. The summed E-state index contributed by atoms with van der Waals surface area (Å²) in [5.74, 6) is 7.39. The van der Waals surface area contributed by atoms with Crippen molar-refractivity contribution in [3.05, 3.63) is 228 Å². The summed E-state index contributed by atoms with van der Waals surface area (Å²) in [7, 11) is 0. The van der Waals surface area contributed by atoms with Crippen LogP contribution in [0.3, 0.4) is 0 Å². The van der Waals surface area contributed by atoms with Crippen molar-refractivity contribution in [2.24, 2.45) is 11.8 Å². The first-order valence-electron chi connectivity index (χ1n) is 20.1. The molecule has 0 heterocycles. The average molecular weight is 746 g/mol. The van der Waals surface area contributed by atoms with Gasteiger partial charge in [-0.2, -0.15) is 0 Å². The molecule has 0 aromatic heterocycles. The van der Waals surface area contributed by atoms with E-state index in [0.717, 1.165) is 35.5 Å². The molecule has 0 saturated heterocycles. The van der Waals surface area contributed by atoms with Crippen molar-refractivity contribution >= 4 is 22.5 Å². The van der Waals surface area contributed by atoms with Gasteiger partial charge in [-0.1, -0.05) is 176 Å². The lowest BCUT2D eigenvalue weighted by atomic mass is 9.85. The molecular formula is C52H51N5. The number of allylic oxidation sites excluding steroid dienone is 5. The van der Waals surface area contributed by atoms with E-state index in [2.05, 4.69) is 217 Å². The van der Waals surface area contributed by atoms with Gasteiger partial charge in [0.1, 0.15) is 0 Å². The zero-order valence-corrected chi connectivity index (χ0v) is 32.6. The van der Waals surface area contributed by atoms with Gasteiger partial charge in [-0.05, 0) is 88.1 Å². The first-order valence-corrected chi connectivity index (χ1v) is 20.1. The summed E-state index contributed by atoms with van der Waals surface area (Å²) >= 11 is 0. The Morgan fingerprint density at radius 2 is 1.28 bits per heavy atom. The number of hydrogen-bond donors (Lipinski definition) is 4. The molecule has 5 heteroatoms. The van der Waals surface area contributed by atoms with Crippen LogP contribution in [-0.4, -0.2) is 17.6 Å². The van der Waals surface area contributed by atoms with Crippen LogP contribution in [0.2, 0.25) is 0 Å². The van der Waals surface area contributed by atoms with Crippen LogP contribution in [0.25, 0.3) is 22.3 Å². The van der Waals surface area contributed by atoms with E-state index in [1.165, 1.54) is 44.5 Å². The minimum absolute atomic E-state index is 0.0409. The number of nitrogens with two attached hydrogens (primary N) is 1. The number of nitrogens with one attached hydrogen (secondary N) is 3. The molecule has 0 aliphatic heterocycles. The number of nitrogens with zero attached hydrogens (tertiary/aromatic N) is 1. The van der Waals surface area contributed by atoms with E-state index in [1.807, 2.05) is 5.01 Å². The van der Waals surface area contributed by atoms with Crippen molar-refractivity contribution < 1.29 is 0 Å². The Morgan fingerprint density at radius 1 is 0.649 bits per heavy atom. The summed E-state index contributed by atoms with van der Waals surface area (Å²) in [6.07, 6.45) is 10.7. The molecule has 3 unspecified atom stereocenters. The maximum absolute atomic E-state index is 6.86. The highest BCUT2D eigenvalue weighted by atomic mass is 15.5. The molecule has 57 heavy (non-hydrogen) atoms. The number of hydrogen-bond acceptors (Lipinski definition) is 5. The summed E-state index contributed by atoms with van der Waals surface area (Å²) in [6, 6.07) is 60.0. The first kappa shape index (κ1) is 37.7. The molecule has 2 aliphatic rings. The molecule has 3 atom stereocenters. The number of rotatable bonds is 14. The Balaban J connectivity index is 1.10. The fourth-order valence-electron chi connectivity index (χ4n) is 7.99. The van der Waals surface area contributed by atoms with Crippen molar-refractivity contribution in [2.75, 3.05) is 17.2 Å². The number of hydrazine groups is 1. The van der Waals surface area contributed by atoms with E-state index >= 15 is 0 Å². The molecule has 0 radical (unpaired) electrons. The minimum Gasteiger partial charge on any atom is -0.376 e. The third-order valence-corrected chi connectivity index (χ3v) is 10.8. The normalized spacial score (nSPS) is 17.2. The summed E-state index contributed by atoms with van der Waals surface area (Å²) in [6.45, 7) is 3.60. The molecule has 6 aromatic carbocycles. The van der Waals surface area contributed by atoms with Crippen LogP contribution in [-0.2, 0) is 6.54 Å². The summed E-state index contributed by atoms with van der Waals surface area (Å²) < 4.78 is 0. The van der Waals surface area contributed by atoms with Crippen molar-refractivity contribution in [1.82, 2.24) is 10.3 Å². The lowest BCUT2D eigenvalue weighted by molar-refractivity contribution is 0.179. The highest BCUT2D eigenvalue weighted by Gasteiger charge is 2.27. The highest BCUT2D eigenvalue weighted by Crippen LogP contribution is 2.38. The van der Waals surface area contributed by atoms with Gasteiger partial charge in [0, 0.05) is 35.7 Å². The quantitative estimate of drug-likeness (QED) is 0.0508. The average Bonchev–Trinajstić information content (AvgIpc) is 3.26. The van der Waals surface area contributed by atoms with Gasteiger partial charge in [-0.25, -0.2) is 5.01 Å². The Morgan fingerprint density at radius 3 is 2.00 bits per heavy atom. The number of anilines is 2. The molecule has 0 saturated carbocycles. The fraction of sp³-hybridized carbons (Fsp3) is 0.154. The predicted molar refractivity (Wildman–Crippen MR) is 240 cm³/mol. The molecule has 2 aliphatic carbocycles. The van der Waals surface area contributed by atoms with Crippen LogP contribution in [0.4, 0.5) is 11.4 Å². The maximum atomic E-state index is 6.86. The Bertz CT molecular complexity index is 2360. The van der Waals surface area contributed by atoms with Gasteiger partial charge in [0.2, 0.25) is 0 Å². The van der Waals surface area contributed by atoms with E-state index in [0.29, 0.717) is 19.0 Å². The second-order valence-electron chi connectivity index (χ2n) is 15.2. The molecular weight excluding hydrogens is 695 g/mol. The number of benzene rings is 6. The Kier molecular flexibility index (Phi) is 12.0. The maximum Gasteiger partial charge on any atom is 0.0995 e. The molecule has 5 nitrogen and oxygen atoms in total. The molecule has 0 fully saturated rings. The topological polar surface area (TPSA) is 65.3 Å². The lowest BCUT2D eigenvalue weighted by Gasteiger charge is -2.32. The third-order valence-electron chi connectivity index (χ3n) is 10.8. The van der Waals surface area contributed by atoms with E-state index in [1.54, 1.807) is 0 Å². The van der Waals surface area contributed by atoms with Crippen LogP contribution in [0.15, 0.2) is 205 Å². The van der Waals surface area contributed by atoms with Crippen molar-refractivity contribution in [3.8, 4) is 11.1 Å². The monoisotopic (exact) mass is 745 g/mol.